The van der Waals surface area contributed by atoms with Crippen molar-refractivity contribution in [3.05, 3.63) is 53.5 Å². The van der Waals surface area contributed by atoms with Crippen LogP contribution in [0.25, 0.3) is 22.3 Å². The van der Waals surface area contributed by atoms with E-state index >= 15 is 0 Å². The number of aromatic nitrogens is 5. The summed E-state index contributed by atoms with van der Waals surface area (Å²) >= 11 is 1.67. The van der Waals surface area contributed by atoms with E-state index in [1.807, 2.05) is 16.9 Å². The van der Waals surface area contributed by atoms with Crippen molar-refractivity contribution >= 4 is 28.1 Å². The Bertz CT molecular complexity index is 1000. The molecule has 1 aliphatic heterocycles. The van der Waals surface area contributed by atoms with Gasteiger partial charge in [-0.3, -0.25) is 0 Å². The number of rotatable bonds is 3. The van der Waals surface area contributed by atoms with E-state index in [1.165, 1.54) is 0 Å². The van der Waals surface area contributed by atoms with Crippen molar-refractivity contribution in [2.45, 2.75) is 18.9 Å². The van der Waals surface area contributed by atoms with E-state index in [-0.39, 0.29) is 0 Å². The zero-order valence-corrected chi connectivity index (χ0v) is 15.0. The Hall–Kier alpha value is -2.80. The van der Waals surface area contributed by atoms with Crippen LogP contribution in [0.1, 0.15) is 18.9 Å². The van der Waals surface area contributed by atoms with Crippen molar-refractivity contribution in [2.75, 3.05) is 18.0 Å². The Balaban J connectivity index is 1.50. The Morgan fingerprint density at radius 1 is 1.04 bits per heavy atom. The topological polar surface area (TPSA) is 59.7 Å². The molecule has 26 heavy (non-hydrogen) atoms. The lowest BCUT2D eigenvalue weighted by Gasteiger charge is -2.33. The first-order valence-electron chi connectivity index (χ1n) is 8.78. The highest BCUT2D eigenvalue weighted by Crippen LogP contribution is 2.31. The average molecular weight is 362 g/mol. The number of anilines is 1. The SMILES string of the molecule is c1ccc2c(N3CCC(n4ccnn4)CC3)nc(-c3ccsc3)nc2c1. The summed E-state index contributed by atoms with van der Waals surface area (Å²) in [5.74, 6) is 1.84. The van der Waals surface area contributed by atoms with Crippen LogP contribution >= 0.6 is 11.3 Å². The summed E-state index contributed by atoms with van der Waals surface area (Å²) in [4.78, 5) is 12.1. The maximum absolute atomic E-state index is 4.94. The fraction of sp³-hybridized carbons (Fsp3) is 0.263. The average Bonchev–Trinajstić information content (AvgIpc) is 3.41. The van der Waals surface area contributed by atoms with Crippen molar-refractivity contribution in [2.24, 2.45) is 0 Å². The van der Waals surface area contributed by atoms with Crippen LogP contribution < -0.4 is 4.90 Å². The summed E-state index contributed by atoms with van der Waals surface area (Å²) < 4.78 is 1.98. The second kappa shape index (κ2) is 6.49. The summed E-state index contributed by atoms with van der Waals surface area (Å²) in [5, 5.41) is 13.4. The summed E-state index contributed by atoms with van der Waals surface area (Å²) in [6, 6.07) is 10.8. The molecule has 1 saturated heterocycles. The largest absolute Gasteiger partial charge is 0.356 e. The third-order valence-electron chi connectivity index (χ3n) is 4.94. The van der Waals surface area contributed by atoms with Gasteiger partial charge in [0.2, 0.25) is 0 Å². The van der Waals surface area contributed by atoms with Crippen LogP contribution in [-0.2, 0) is 0 Å². The molecule has 0 atom stereocenters. The minimum Gasteiger partial charge on any atom is -0.356 e. The van der Waals surface area contributed by atoms with Gasteiger partial charge in [0.15, 0.2) is 5.82 Å². The van der Waals surface area contributed by atoms with Crippen LogP contribution in [0.15, 0.2) is 53.5 Å². The van der Waals surface area contributed by atoms with E-state index in [0.29, 0.717) is 6.04 Å². The lowest BCUT2D eigenvalue weighted by atomic mass is 10.0. The van der Waals surface area contributed by atoms with Gasteiger partial charge in [-0.15, -0.1) is 5.10 Å². The minimum atomic E-state index is 0.415. The first-order valence-corrected chi connectivity index (χ1v) is 9.73. The van der Waals surface area contributed by atoms with Gasteiger partial charge in [0.1, 0.15) is 5.82 Å². The number of thiophene rings is 1. The molecule has 1 fully saturated rings. The second-order valence-corrected chi connectivity index (χ2v) is 7.28. The number of fused-ring (bicyclic) bond motifs is 1. The Labute approximate surface area is 155 Å². The monoisotopic (exact) mass is 362 g/mol. The quantitative estimate of drug-likeness (QED) is 0.555. The highest BCUT2D eigenvalue weighted by atomic mass is 32.1. The predicted octanol–water partition coefficient (Wildman–Crippen LogP) is 3.79. The van der Waals surface area contributed by atoms with Gasteiger partial charge in [-0.1, -0.05) is 17.3 Å². The number of hydrogen-bond donors (Lipinski definition) is 0. The lowest BCUT2D eigenvalue weighted by Crippen LogP contribution is -2.35. The van der Waals surface area contributed by atoms with Gasteiger partial charge in [0.25, 0.3) is 0 Å². The molecule has 4 aromatic rings. The molecule has 0 amide bonds. The van der Waals surface area contributed by atoms with Gasteiger partial charge >= 0.3 is 0 Å². The van der Waals surface area contributed by atoms with E-state index in [9.17, 15) is 0 Å². The standard InChI is InChI=1S/C19H18N6S/c1-2-4-17-16(3-1)19(22-18(21-17)14-7-12-26-13-14)24-9-5-15(6-10-24)25-11-8-20-23-25/h1-4,7-8,11-13,15H,5-6,9-10H2. The number of piperidine rings is 1. The Kier molecular flexibility index (Phi) is 3.86. The lowest BCUT2D eigenvalue weighted by molar-refractivity contribution is 0.359. The van der Waals surface area contributed by atoms with Gasteiger partial charge in [-0.05, 0) is 36.4 Å². The maximum atomic E-state index is 4.94. The van der Waals surface area contributed by atoms with Gasteiger partial charge in [0.05, 0.1) is 17.8 Å². The maximum Gasteiger partial charge on any atom is 0.162 e. The zero-order valence-electron chi connectivity index (χ0n) is 14.2. The molecule has 1 aromatic carbocycles. The molecule has 0 saturated carbocycles. The smallest absolute Gasteiger partial charge is 0.162 e. The molecule has 1 aliphatic rings. The van der Waals surface area contributed by atoms with Gasteiger partial charge in [0, 0.05) is 35.6 Å². The number of para-hydroxylation sites is 1. The summed E-state index contributed by atoms with van der Waals surface area (Å²) in [6.07, 6.45) is 5.78. The first-order chi connectivity index (χ1) is 12.9. The van der Waals surface area contributed by atoms with Gasteiger partial charge in [-0.25, -0.2) is 14.6 Å². The van der Waals surface area contributed by atoms with E-state index in [4.69, 9.17) is 9.97 Å². The van der Waals surface area contributed by atoms with Crippen molar-refractivity contribution in [1.29, 1.82) is 0 Å². The molecule has 0 N–H and O–H groups in total. The van der Waals surface area contributed by atoms with E-state index < -0.39 is 0 Å². The van der Waals surface area contributed by atoms with Crippen LogP contribution in [0.2, 0.25) is 0 Å². The van der Waals surface area contributed by atoms with Crippen molar-refractivity contribution < 1.29 is 0 Å². The van der Waals surface area contributed by atoms with Gasteiger partial charge < -0.3 is 4.90 Å². The molecule has 130 valence electrons. The van der Waals surface area contributed by atoms with Gasteiger partial charge in [-0.2, -0.15) is 11.3 Å². The number of benzene rings is 1. The van der Waals surface area contributed by atoms with Crippen LogP contribution in [-0.4, -0.2) is 38.1 Å². The predicted molar refractivity (Wildman–Crippen MR) is 103 cm³/mol. The highest BCUT2D eigenvalue weighted by molar-refractivity contribution is 7.08. The molecule has 3 aromatic heterocycles. The Morgan fingerprint density at radius 2 is 1.92 bits per heavy atom. The fourth-order valence-corrected chi connectivity index (χ4v) is 4.21. The van der Waals surface area contributed by atoms with Crippen LogP contribution in [0.4, 0.5) is 5.82 Å². The van der Waals surface area contributed by atoms with Crippen molar-refractivity contribution in [3.8, 4) is 11.4 Å². The summed E-state index contributed by atoms with van der Waals surface area (Å²) in [5.41, 5.74) is 2.08. The van der Waals surface area contributed by atoms with E-state index in [2.05, 4.69) is 50.2 Å². The number of nitrogens with zero attached hydrogens (tertiary/aromatic N) is 6. The summed E-state index contributed by atoms with van der Waals surface area (Å²) in [6.45, 7) is 1.91. The molecular formula is C19H18N6S. The number of hydrogen-bond acceptors (Lipinski definition) is 6. The summed E-state index contributed by atoms with van der Waals surface area (Å²) in [7, 11) is 0. The second-order valence-electron chi connectivity index (χ2n) is 6.50. The Morgan fingerprint density at radius 3 is 2.69 bits per heavy atom. The van der Waals surface area contributed by atoms with Crippen molar-refractivity contribution in [3.63, 3.8) is 0 Å². The normalized spacial score (nSPS) is 15.6. The molecule has 0 radical (unpaired) electrons. The molecule has 0 unspecified atom stereocenters. The third-order valence-corrected chi connectivity index (χ3v) is 5.62. The molecule has 7 heteroatoms. The molecule has 0 aliphatic carbocycles. The molecular weight excluding hydrogens is 344 g/mol. The fourth-order valence-electron chi connectivity index (χ4n) is 3.58. The van der Waals surface area contributed by atoms with E-state index in [0.717, 1.165) is 54.0 Å². The highest BCUT2D eigenvalue weighted by Gasteiger charge is 2.24. The third kappa shape index (κ3) is 2.74. The zero-order chi connectivity index (χ0) is 17.3. The van der Waals surface area contributed by atoms with Crippen molar-refractivity contribution in [1.82, 2.24) is 25.0 Å². The van der Waals surface area contributed by atoms with E-state index in [1.54, 1.807) is 17.5 Å². The molecule has 5 rings (SSSR count). The van der Waals surface area contributed by atoms with Crippen LogP contribution in [0.3, 0.4) is 0 Å². The molecule has 0 spiro atoms. The molecule has 0 bridgehead atoms. The van der Waals surface area contributed by atoms with Crippen LogP contribution in [0.5, 0.6) is 0 Å². The minimum absolute atomic E-state index is 0.415. The first kappa shape index (κ1) is 15.5. The molecule has 6 nitrogen and oxygen atoms in total. The molecule has 4 heterocycles. The van der Waals surface area contributed by atoms with Crippen LogP contribution in [0, 0.1) is 0 Å².